The smallest absolute Gasteiger partial charge is 0.194 e. The molecule has 0 radical (unpaired) electrons. The van der Waals surface area contributed by atoms with Gasteiger partial charge in [-0.1, -0.05) is 22.0 Å². The van der Waals surface area contributed by atoms with Crippen LogP contribution in [-0.4, -0.2) is 57.3 Å². The highest BCUT2D eigenvalue weighted by Crippen LogP contribution is 2.26. The van der Waals surface area contributed by atoms with Gasteiger partial charge in [-0.3, -0.25) is 4.99 Å². The Labute approximate surface area is 134 Å². The molecule has 1 saturated heterocycles. The van der Waals surface area contributed by atoms with Crippen molar-refractivity contribution in [3.63, 3.8) is 0 Å². The molecule has 1 N–H and O–H groups in total. The van der Waals surface area contributed by atoms with Crippen molar-refractivity contribution in [1.82, 2.24) is 10.2 Å². The maximum Gasteiger partial charge on any atom is 0.194 e. The fourth-order valence-corrected chi connectivity index (χ4v) is 3.03. The minimum atomic E-state index is 0.795. The lowest BCUT2D eigenvalue weighted by Gasteiger charge is -2.31. The molecule has 114 valence electrons. The van der Waals surface area contributed by atoms with Crippen LogP contribution in [0.4, 0.5) is 5.69 Å². The second-order valence-corrected chi connectivity index (χ2v) is 6.27. The number of halogens is 1. The number of aliphatic imine (C=N–C) groups is 1. The number of anilines is 1. The zero-order valence-electron chi connectivity index (χ0n) is 12.3. The summed E-state index contributed by atoms with van der Waals surface area (Å²) >= 11 is 3.58. The molecule has 3 rings (SSSR count). The fourth-order valence-electron chi connectivity index (χ4n) is 2.68. The Morgan fingerprint density at radius 1 is 1.29 bits per heavy atom. The Kier molecular flexibility index (Phi) is 4.65. The van der Waals surface area contributed by atoms with Gasteiger partial charge in [0.15, 0.2) is 5.96 Å². The first-order chi connectivity index (χ1) is 10.2. The number of guanidine groups is 1. The van der Waals surface area contributed by atoms with Crippen molar-refractivity contribution < 1.29 is 4.74 Å². The van der Waals surface area contributed by atoms with Crippen molar-refractivity contribution >= 4 is 27.6 Å². The van der Waals surface area contributed by atoms with Crippen LogP contribution in [0.15, 0.2) is 27.7 Å². The van der Waals surface area contributed by atoms with Gasteiger partial charge in [0.2, 0.25) is 0 Å². The third-order valence-electron chi connectivity index (χ3n) is 3.89. The van der Waals surface area contributed by atoms with Crippen molar-refractivity contribution in [3.05, 3.63) is 28.2 Å². The molecule has 0 aromatic heterocycles. The van der Waals surface area contributed by atoms with Crippen molar-refractivity contribution in [2.45, 2.75) is 6.54 Å². The molecule has 2 heterocycles. The lowest BCUT2D eigenvalue weighted by molar-refractivity contribution is 0.122. The van der Waals surface area contributed by atoms with Crippen LogP contribution in [0.25, 0.3) is 0 Å². The summed E-state index contributed by atoms with van der Waals surface area (Å²) in [6.45, 7) is 6.18. The van der Waals surface area contributed by atoms with E-state index in [0.717, 1.165) is 56.4 Å². The van der Waals surface area contributed by atoms with Crippen LogP contribution in [0, 0.1) is 0 Å². The first kappa shape index (κ1) is 14.7. The molecule has 0 unspecified atom stereocenters. The van der Waals surface area contributed by atoms with Crippen molar-refractivity contribution in [2.75, 3.05) is 51.3 Å². The molecule has 21 heavy (non-hydrogen) atoms. The molecule has 1 aromatic rings. The summed E-state index contributed by atoms with van der Waals surface area (Å²) in [5.74, 6) is 0.992. The van der Waals surface area contributed by atoms with Crippen molar-refractivity contribution in [3.8, 4) is 0 Å². The molecule has 2 aliphatic heterocycles. The second-order valence-electron chi connectivity index (χ2n) is 5.35. The molecule has 0 saturated carbocycles. The zero-order chi connectivity index (χ0) is 14.7. The number of nitrogens with one attached hydrogen (secondary N) is 1. The Morgan fingerprint density at radius 3 is 2.81 bits per heavy atom. The van der Waals surface area contributed by atoms with E-state index in [0.29, 0.717) is 0 Å². The van der Waals surface area contributed by atoms with Gasteiger partial charge in [0.05, 0.1) is 19.8 Å². The highest BCUT2D eigenvalue weighted by molar-refractivity contribution is 9.10. The minimum absolute atomic E-state index is 0.795. The lowest BCUT2D eigenvalue weighted by atomic mass is 10.1. The van der Waals surface area contributed by atoms with Gasteiger partial charge in [-0.25, -0.2) is 0 Å². The number of ether oxygens (including phenoxy) is 1. The Morgan fingerprint density at radius 2 is 2.10 bits per heavy atom. The monoisotopic (exact) mass is 352 g/mol. The molecular formula is C15H21BrN4O. The highest BCUT2D eigenvalue weighted by atomic mass is 79.9. The van der Waals surface area contributed by atoms with E-state index < -0.39 is 0 Å². The van der Waals surface area contributed by atoms with E-state index in [4.69, 9.17) is 4.74 Å². The summed E-state index contributed by atoms with van der Waals surface area (Å²) in [6.07, 6.45) is 0. The number of nitrogens with zero attached hydrogens (tertiary/aromatic N) is 3. The standard InChI is InChI=1S/C15H21BrN4O/c1-19-5-4-17-15(19)18-11-12-2-3-13(16)10-14(12)20-6-8-21-9-7-20/h2-3,10H,4-9,11H2,1H3,(H,17,18). The van der Waals surface area contributed by atoms with Gasteiger partial charge < -0.3 is 19.9 Å². The molecule has 0 amide bonds. The SMILES string of the molecule is CN1CCN=C1NCc1ccc(Br)cc1N1CCOCC1. The summed E-state index contributed by atoms with van der Waals surface area (Å²) < 4.78 is 6.57. The number of rotatable bonds is 3. The zero-order valence-corrected chi connectivity index (χ0v) is 13.9. The summed E-state index contributed by atoms with van der Waals surface area (Å²) in [7, 11) is 2.07. The largest absolute Gasteiger partial charge is 0.378 e. The van der Waals surface area contributed by atoms with E-state index in [1.165, 1.54) is 11.3 Å². The normalized spacial score (nSPS) is 18.9. The maximum atomic E-state index is 5.45. The lowest BCUT2D eigenvalue weighted by Crippen LogP contribution is -2.38. The molecule has 2 aliphatic rings. The second kappa shape index (κ2) is 6.66. The third-order valence-corrected chi connectivity index (χ3v) is 4.39. The third kappa shape index (κ3) is 3.49. The Balaban J connectivity index is 1.74. The number of likely N-dealkylation sites (N-methyl/N-ethyl adjacent to an activating group) is 1. The molecule has 0 atom stereocenters. The molecule has 1 aromatic carbocycles. The van der Waals surface area contributed by atoms with Crippen LogP contribution < -0.4 is 10.2 Å². The topological polar surface area (TPSA) is 40.1 Å². The van der Waals surface area contributed by atoms with Crippen molar-refractivity contribution in [2.24, 2.45) is 4.99 Å². The van der Waals surface area contributed by atoms with Gasteiger partial charge in [-0.2, -0.15) is 0 Å². The van der Waals surface area contributed by atoms with Crippen LogP contribution in [0.5, 0.6) is 0 Å². The van der Waals surface area contributed by atoms with Crippen LogP contribution in [0.1, 0.15) is 5.56 Å². The van der Waals surface area contributed by atoms with Gasteiger partial charge in [0.25, 0.3) is 0 Å². The quantitative estimate of drug-likeness (QED) is 0.898. The molecular weight excluding hydrogens is 332 g/mol. The fraction of sp³-hybridized carbons (Fsp3) is 0.533. The average molecular weight is 353 g/mol. The molecule has 1 fully saturated rings. The molecule has 0 aliphatic carbocycles. The van der Waals surface area contributed by atoms with E-state index in [1.807, 2.05) is 0 Å². The van der Waals surface area contributed by atoms with E-state index in [-0.39, 0.29) is 0 Å². The van der Waals surface area contributed by atoms with Crippen LogP contribution in [0.3, 0.4) is 0 Å². The van der Waals surface area contributed by atoms with Gasteiger partial charge in [0, 0.05) is 43.4 Å². The Hall–Kier alpha value is -1.27. The number of morpholine rings is 1. The number of hydrogen-bond donors (Lipinski definition) is 1. The summed E-state index contributed by atoms with van der Waals surface area (Å²) in [6, 6.07) is 6.47. The average Bonchev–Trinajstić information content (AvgIpc) is 2.92. The Bertz CT molecular complexity index is 528. The number of benzene rings is 1. The predicted molar refractivity (Wildman–Crippen MR) is 88.9 cm³/mol. The maximum absolute atomic E-state index is 5.45. The van der Waals surface area contributed by atoms with Crippen LogP contribution in [-0.2, 0) is 11.3 Å². The summed E-state index contributed by atoms with van der Waals surface area (Å²) in [5, 5.41) is 3.45. The van der Waals surface area contributed by atoms with E-state index in [2.05, 4.69) is 61.3 Å². The molecule has 6 heteroatoms. The molecule has 0 spiro atoms. The first-order valence-electron chi connectivity index (χ1n) is 7.34. The van der Waals surface area contributed by atoms with Crippen molar-refractivity contribution in [1.29, 1.82) is 0 Å². The van der Waals surface area contributed by atoms with Crippen LogP contribution >= 0.6 is 15.9 Å². The minimum Gasteiger partial charge on any atom is -0.378 e. The van der Waals surface area contributed by atoms with Gasteiger partial charge in [-0.05, 0) is 17.7 Å². The molecule has 0 bridgehead atoms. The summed E-state index contributed by atoms with van der Waals surface area (Å²) in [5.41, 5.74) is 2.57. The van der Waals surface area contributed by atoms with E-state index >= 15 is 0 Å². The van der Waals surface area contributed by atoms with Crippen LogP contribution in [0.2, 0.25) is 0 Å². The predicted octanol–water partition coefficient (Wildman–Crippen LogP) is 1.68. The van der Waals surface area contributed by atoms with Gasteiger partial charge in [0.1, 0.15) is 0 Å². The van der Waals surface area contributed by atoms with E-state index in [9.17, 15) is 0 Å². The molecule has 5 nitrogen and oxygen atoms in total. The first-order valence-corrected chi connectivity index (χ1v) is 8.14. The van der Waals surface area contributed by atoms with E-state index in [1.54, 1.807) is 0 Å². The van der Waals surface area contributed by atoms with Gasteiger partial charge in [-0.15, -0.1) is 0 Å². The van der Waals surface area contributed by atoms with Gasteiger partial charge >= 0.3 is 0 Å². The highest BCUT2D eigenvalue weighted by Gasteiger charge is 2.17. The summed E-state index contributed by atoms with van der Waals surface area (Å²) in [4.78, 5) is 9.03. The number of hydrogen-bond acceptors (Lipinski definition) is 5.